The second-order valence-corrected chi connectivity index (χ2v) is 4.46. The van der Waals surface area contributed by atoms with Crippen LogP contribution in [0, 0.1) is 0 Å². The predicted octanol–water partition coefficient (Wildman–Crippen LogP) is -0.216. The molecule has 0 unspecified atom stereocenters. The quantitative estimate of drug-likeness (QED) is 0.345. The SMILES string of the molecule is O=C(C[n+]1ccc(/C=N/O)cc1)Nc1ccc(C(=O)[O-])cc1. The first-order chi connectivity index (χ1) is 10.6. The highest BCUT2D eigenvalue weighted by Gasteiger charge is 2.09. The van der Waals surface area contributed by atoms with E-state index in [1.54, 1.807) is 29.1 Å². The van der Waals surface area contributed by atoms with Gasteiger partial charge in [-0.2, -0.15) is 4.57 Å². The lowest BCUT2D eigenvalue weighted by Gasteiger charge is -2.05. The summed E-state index contributed by atoms with van der Waals surface area (Å²) in [7, 11) is 0. The number of nitrogens with one attached hydrogen (secondary N) is 1. The molecule has 0 fully saturated rings. The Hall–Kier alpha value is -3.22. The van der Waals surface area contributed by atoms with Crippen molar-refractivity contribution in [1.29, 1.82) is 0 Å². The molecule has 0 spiro atoms. The van der Waals surface area contributed by atoms with Gasteiger partial charge < -0.3 is 20.4 Å². The maximum Gasteiger partial charge on any atom is 0.290 e. The highest BCUT2D eigenvalue weighted by Crippen LogP contribution is 2.08. The van der Waals surface area contributed by atoms with Crippen LogP contribution in [0.5, 0.6) is 0 Å². The number of nitrogens with zero attached hydrogens (tertiary/aromatic N) is 2. The number of aromatic carboxylic acids is 1. The third-order valence-electron chi connectivity index (χ3n) is 2.85. The fourth-order valence-corrected chi connectivity index (χ4v) is 1.78. The van der Waals surface area contributed by atoms with E-state index in [0.717, 1.165) is 0 Å². The number of hydrogen-bond donors (Lipinski definition) is 2. The summed E-state index contributed by atoms with van der Waals surface area (Å²) in [6, 6.07) is 9.11. The summed E-state index contributed by atoms with van der Waals surface area (Å²) in [6.07, 6.45) is 4.63. The minimum absolute atomic E-state index is 0.0495. The molecule has 0 aliphatic rings. The van der Waals surface area contributed by atoms with Crippen LogP contribution >= 0.6 is 0 Å². The molecule has 0 saturated carbocycles. The molecule has 7 nitrogen and oxygen atoms in total. The van der Waals surface area contributed by atoms with Crippen LogP contribution in [-0.2, 0) is 11.3 Å². The van der Waals surface area contributed by atoms with E-state index < -0.39 is 5.97 Å². The van der Waals surface area contributed by atoms with Crippen LogP contribution in [0.4, 0.5) is 5.69 Å². The van der Waals surface area contributed by atoms with E-state index in [0.29, 0.717) is 11.3 Å². The number of carbonyl (C=O) groups excluding carboxylic acids is 2. The van der Waals surface area contributed by atoms with Crippen LogP contribution in [-0.4, -0.2) is 23.3 Å². The molecular weight excluding hydrogens is 286 g/mol. The van der Waals surface area contributed by atoms with Gasteiger partial charge in [0.1, 0.15) is 0 Å². The summed E-state index contributed by atoms with van der Waals surface area (Å²) in [6.45, 7) is 0.0960. The van der Waals surface area contributed by atoms with E-state index in [1.807, 2.05) is 0 Å². The lowest BCUT2D eigenvalue weighted by atomic mass is 10.2. The molecule has 2 rings (SSSR count). The van der Waals surface area contributed by atoms with Crippen LogP contribution in [0.3, 0.4) is 0 Å². The molecule has 7 heteroatoms. The number of pyridine rings is 1. The third kappa shape index (κ3) is 4.14. The Bertz CT molecular complexity index is 694. The number of carbonyl (C=O) groups is 2. The molecule has 0 aliphatic carbocycles. The van der Waals surface area contributed by atoms with E-state index >= 15 is 0 Å². The Morgan fingerprint density at radius 3 is 2.36 bits per heavy atom. The van der Waals surface area contributed by atoms with Gasteiger partial charge in [0, 0.05) is 23.4 Å². The number of amides is 1. The number of benzene rings is 1. The Balaban J connectivity index is 1.96. The van der Waals surface area contributed by atoms with Gasteiger partial charge in [0.25, 0.3) is 5.91 Å². The lowest BCUT2D eigenvalue weighted by Crippen LogP contribution is -2.39. The maximum absolute atomic E-state index is 11.9. The van der Waals surface area contributed by atoms with E-state index in [4.69, 9.17) is 5.21 Å². The number of carboxylic acids is 1. The maximum atomic E-state index is 11.9. The standard InChI is InChI=1S/C15H13N3O4/c19-14(10-18-7-5-11(6-8-18)9-16-22)17-13-3-1-12(2-4-13)15(20)21/h1-9H,10H2,(H2,17,19,20,21). The van der Waals surface area contributed by atoms with Gasteiger partial charge >= 0.3 is 0 Å². The van der Waals surface area contributed by atoms with Crippen molar-refractivity contribution >= 4 is 23.8 Å². The van der Waals surface area contributed by atoms with Gasteiger partial charge in [-0.05, 0) is 17.7 Å². The molecule has 1 aromatic carbocycles. The average Bonchev–Trinajstić information content (AvgIpc) is 2.50. The number of carboxylic acid groups (broad SMARTS) is 1. The van der Waals surface area contributed by atoms with Crippen molar-refractivity contribution in [3.8, 4) is 0 Å². The molecule has 1 aromatic heterocycles. The summed E-state index contributed by atoms with van der Waals surface area (Å²) in [5, 5.41) is 24.6. The van der Waals surface area contributed by atoms with Crippen LogP contribution in [0.1, 0.15) is 15.9 Å². The summed E-state index contributed by atoms with van der Waals surface area (Å²) >= 11 is 0. The first-order valence-corrected chi connectivity index (χ1v) is 6.36. The number of aromatic nitrogens is 1. The number of hydrogen-bond acceptors (Lipinski definition) is 5. The van der Waals surface area contributed by atoms with Crippen LogP contribution in [0.25, 0.3) is 0 Å². The van der Waals surface area contributed by atoms with Crippen molar-refractivity contribution in [3.63, 3.8) is 0 Å². The molecular formula is C15H13N3O4. The fraction of sp³-hybridized carbons (Fsp3) is 0.0667. The van der Waals surface area contributed by atoms with Crippen molar-refractivity contribution < 1.29 is 24.5 Å². The molecule has 0 saturated heterocycles. The summed E-state index contributed by atoms with van der Waals surface area (Å²) < 4.78 is 1.65. The average molecular weight is 299 g/mol. The van der Waals surface area contributed by atoms with Crippen LogP contribution in [0.2, 0.25) is 0 Å². The van der Waals surface area contributed by atoms with Crippen LogP contribution in [0.15, 0.2) is 53.9 Å². The number of oxime groups is 1. The molecule has 1 heterocycles. The van der Waals surface area contributed by atoms with Gasteiger partial charge in [0.2, 0.25) is 6.54 Å². The molecule has 1 amide bonds. The lowest BCUT2D eigenvalue weighted by molar-refractivity contribution is -0.684. The van der Waals surface area contributed by atoms with Crippen molar-refractivity contribution in [3.05, 3.63) is 59.9 Å². The monoisotopic (exact) mass is 299 g/mol. The summed E-state index contributed by atoms with van der Waals surface area (Å²) in [5.41, 5.74) is 1.25. The summed E-state index contributed by atoms with van der Waals surface area (Å²) in [4.78, 5) is 22.5. The first kappa shape index (κ1) is 15.2. The normalized spacial score (nSPS) is 10.5. The van der Waals surface area contributed by atoms with Gasteiger partial charge in [-0.3, -0.25) is 4.79 Å². The Kier molecular flexibility index (Phi) is 4.81. The van der Waals surface area contributed by atoms with E-state index in [9.17, 15) is 14.7 Å². The van der Waals surface area contributed by atoms with E-state index in [-0.39, 0.29) is 18.0 Å². The highest BCUT2D eigenvalue weighted by molar-refractivity contribution is 5.91. The van der Waals surface area contributed by atoms with Crippen LogP contribution < -0.4 is 15.0 Å². The Morgan fingerprint density at radius 2 is 1.82 bits per heavy atom. The largest absolute Gasteiger partial charge is 0.545 e. The molecule has 2 N–H and O–H groups in total. The summed E-state index contributed by atoms with van der Waals surface area (Å²) in [5.74, 6) is -1.52. The zero-order valence-electron chi connectivity index (χ0n) is 11.5. The minimum Gasteiger partial charge on any atom is -0.545 e. The van der Waals surface area contributed by atoms with Gasteiger partial charge in [-0.25, -0.2) is 0 Å². The molecule has 2 aromatic rings. The zero-order valence-corrected chi connectivity index (χ0v) is 11.5. The van der Waals surface area contributed by atoms with Crippen molar-refractivity contribution in [1.82, 2.24) is 0 Å². The Morgan fingerprint density at radius 1 is 1.18 bits per heavy atom. The second-order valence-electron chi connectivity index (χ2n) is 4.46. The predicted molar refractivity (Wildman–Crippen MR) is 75.4 cm³/mol. The Labute approximate surface area is 126 Å². The van der Waals surface area contributed by atoms with Gasteiger partial charge in [-0.15, -0.1) is 0 Å². The van der Waals surface area contributed by atoms with Crippen molar-refractivity contribution in [2.24, 2.45) is 5.16 Å². The second kappa shape index (κ2) is 6.98. The molecule has 0 bridgehead atoms. The molecule has 22 heavy (non-hydrogen) atoms. The van der Waals surface area contributed by atoms with Crippen molar-refractivity contribution in [2.45, 2.75) is 6.54 Å². The molecule has 0 radical (unpaired) electrons. The van der Waals surface area contributed by atoms with E-state index in [1.165, 1.54) is 30.5 Å². The number of rotatable bonds is 5. The molecule has 112 valence electrons. The smallest absolute Gasteiger partial charge is 0.290 e. The van der Waals surface area contributed by atoms with Gasteiger partial charge in [0.05, 0.1) is 12.2 Å². The van der Waals surface area contributed by atoms with Gasteiger partial charge in [0.15, 0.2) is 12.4 Å². The highest BCUT2D eigenvalue weighted by atomic mass is 16.4. The molecule has 0 atom stereocenters. The topological polar surface area (TPSA) is 106 Å². The minimum atomic E-state index is -1.26. The molecule has 0 aliphatic heterocycles. The number of anilines is 1. The third-order valence-corrected chi connectivity index (χ3v) is 2.85. The van der Waals surface area contributed by atoms with Gasteiger partial charge in [-0.1, -0.05) is 17.3 Å². The fourth-order valence-electron chi connectivity index (χ4n) is 1.78. The first-order valence-electron chi connectivity index (χ1n) is 6.36. The van der Waals surface area contributed by atoms with Crippen molar-refractivity contribution in [2.75, 3.05) is 5.32 Å². The van der Waals surface area contributed by atoms with E-state index in [2.05, 4.69) is 10.5 Å². The zero-order chi connectivity index (χ0) is 15.9.